The lowest BCUT2D eigenvalue weighted by atomic mass is 10.2. The number of halogens is 2. The van der Waals surface area contributed by atoms with Gasteiger partial charge in [-0.25, -0.2) is 0 Å². The van der Waals surface area contributed by atoms with Gasteiger partial charge in [0.25, 0.3) is 11.8 Å². The summed E-state index contributed by atoms with van der Waals surface area (Å²) in [6.45, 7) is 4.07. The van der Waals surface area contributed by atoms with Crippen LogP contribution in [0.3, 0.4) is 0 Å². The molecular formula is C18H18Br2N2O4. The van der Waals surface area contributed by atoms with E-state index in [-0.39, 0.29) is 6.61 Å². The van der Waals surface area contributed by atoms with Gasteiger partial charge >= 0.3 is 0 Å². The molecule has 0 saturated heterocycles. The van der Waals surface area contributed by atoms with E-state index in [0.717, 1.165) is 14.5 Å². The molecule has 2 N–H and O–H groups in total. The lowest BCUT2D eigenvalue weighted by Crippen LogP contribution is -2.43. The summed E-state index contributed by atoms with van der Waals surface area (Å²) < 4.78 is 12.5. The summed E-state index contributed by atoms with van der Waals surface area (Å²) in [4.78, 5) is 23.9. The molecule has 0 aliphatic heterocycles. The standard InChI is InChI=1S/C18H18Br2N2O4/c1-3-25-14-6-4-12(5-7-14)18(24)22-21-16(23)10-26-17-11(2)8-13(19)9-15(17)20/h4-9H,3,10H2,1-2H3,(H,21,23)(H,22,24). The second-order valence-corrected chi connectivity index (χ2v) is 7.05. The van der Waals surface area contributed by atoms with Crippen molar-refractivity contribution in [2.45, 2.75) is 13.8 Å². The molecule has 2 aromatic carbocycles. The lowest BCUT2D eigenvalue weighted by Gasteiger charge is -2.12. The molecule has 2 rings (SSSR count). The second-order valence-electron chi connectivity index (χ2n) is 5.28. The third-order valence-corrected chi connectivity index (χ3v) is 4.33. The van der Waals surface area contributed by atoms with Crippen LogP contribution in [0.25, 0.3) is 0 Å². The summed E-state index contributed by atoms with van der Waals surface area (Å²) in [5.41, 5.74) is 5.94. The maximum atomic E-state index is 12.0. The number of amides is 2. The summed E-state index contributed by atoms with van der Waals surface area (Å²) in [7, 11) is 0. The van der Waals surface area contributed by atoms with Crippen LogP contribution >= 0.6 is 31.9 Å². The molecule has 0 radical (unpaired) electrons. The van der Waals surface area contributed by atoms with Gasteiger partial charge in [-0.05, 0) is 71.7 Å². The Bertz CT molecular complexity index is 771. The van der Waals surface area contributed by atoms with Crippen molar-refractivity contribution in [3.63, 3.8) is 0 Å². The zero-order chi connectivity index (χ0) is 19.1. The highest BCUT2D eigenvalue weighted by Crippen LogP contribution is 2.32. The van der Waals surface area contributed by atoms with Gasteiger partial charge in [0.15, 0.2) is 6.61 Å². The van der Waals surface area contributed by atoms with Gasteiger partial charge in [0, 0.05) is 10.0 Å². The lowest BCUT2D eigenvalue weighted by molar-refractivity contribution is -0.123. The molecule has 2 aromatic rings. The van der Waals surface area contributed by atoms with E-state index in [1.165, 1.54) is 0 Å². The van der Waals surface area contributed by atoms with Gasteiger partial charge < -0.3 is 9.47 Å². The van der Waals surface area contributed by atoms with Crippen molar-refractivity contribution in [1.82, 2.24) is 10.9 Å². The van der Waals surface area contributed by atoms with E-state index in [1.807, 2.05) is 26.0 Å². The Morgan fingerprint density at radius 3 is 2.35 bits per heavy atom. The van der Waals surface area contributed by atoms with Crippen molar-refractivity contribution < 1.29 is 19.1 Å². The number of rotatable bonds is 6. The van der Waals surface area contributed by atoms with Crippen molar-refractivity contribution in [3.05, 3.63) is 56.5 Å². The second kappa shape index (κ2) is 9.59. The highest BCUT2D eigenvalue weighted by atomic mass is 79.9. The molecule has 0 atom stereocenters. The number of hydrogen-bond acceptors (Lipinski definition) is 4. The van der Waals surface area contributed by atoms with E-state index in [2.05, 4.69) is 42.7 Å². The first-order chi connectivity index (χ1) is 12.4. The number of ether oxygens (including phenoxy) is 2. The first-order valence-electron chi connectivity index (χ1n) is 7.81. The normalized spacial score (nSPS) is 10.2. The summed E-state index contributed by atoms with van der Waals surface area (Å²) in [5, 5.41) is 0. The van der Waals surface area contributed by atoms with Crippen LogP contribution in [0, 0.1) is 6.92 Å². The van der Waals surface area contributed by atoms with Crippen molar-refractivity contribution in [1.29, 1.82) is 0 Å². The van der Waals surface area contributed by atoms with Crippen LogP contribution in [0.4, 0.5) is 0 Å². The smallest absolute Gasteiger partial charge is 0.276 e. The van der Waals surface area contributed by atoms with Gasteiger partial charge in [-0.2, -0.15) is 0 Å². The van der Waals surface area contributed by atoms with Crippen LogP contribution < -0.4 is 20.3 Å². The minimum absolute atomic E-state index is 0.232. The number of aryl methyl sites for hydroxylation is 1. The van der Waals surface area contributed by atoms with E-state index in [4.69, 9.17) is 9.47 Å². The third kappa shape index (κ3) is 5.74. The van der Waals surface area contributed by atoms with Crippen LogP contribution in [0.5, 0.6) is 11.5 Å². The SMILES string of the molecule is CCOc1ccc(C(=O)NNC(=O)COc2c(C)cc(Br)cc2Br)cc1. The summed E-state index contributed by atoms with van der Waals surface area (Å²) in [6, 6.07) is 10.3. The van der Waals surface area contributed by atoms with Crippen LogP contribution in [-0.2, 0) is 4.79 Å². The average molecular weight is 486 g/mol. The van der Waals surface area contributed by atoms with Crippen LogP contribution in [0.2, 0.25) is 0 Å². The molecule has 0 unspecified atom stereocenters. The zero-order valence-electron chi connectivity index (χ0n) is 14.3. The van der Waals surface area contributed by atoms with Crippen LogP contribution in [0.1, 0.15) is 22.8 Å². The van der Waals surface area contributed by atoms with Crippen LogP contribution in [0.15, 0.2) is 45.3 Å². The van der Waals surface area contributed by atoms with Crippen molar-refractivity contribution in [2.75, 3.05) is 13.2 Å². The van der Waals surface area contributed by atoms with Gasteiger partial charge in [-0.15, -0.1) is 0 Å². The number of carbonyl (C=O) groups excluding carboxylic acids is 2. The van der Waals surface area contributed by atoms with Gasteiger partial charge in [-0.3, -0.25) is 20.4 Å². The Morgan fingerprint density at radius 1 is 1.04 bits per heavy atom. The van der Waals surface area contributed by atoms with E-state index in [0.29, 0.717) is 23.7 Å². The number of carbonyl (C=O) groups is 2. The van der Waals surface area contributed by atoms with E-state index < -0.39 is 11.8 Å². The van der Waals surface area contributed by atoms with Gasteiger partial charge in [0.05, 0.1) is 11.1 Å². The first-order valence-corrected chi connectivity index (χ1v) is 9.39. The minimum atomic E-state index is -0.474. The topological polar surface area (TPSA) is 76.7 Å². The molecular weight excluding hydrogens is 468 g/mol. The molecule has 0 spiro atoms. The number of nitrogens with one attached hydrogen (secondary N) is 2. The van der Waals surface area contributed by atoms with Crippen molar-refractivity contribution in [2.24, 2.45) is 0 Å². The Morgan fingerprint density at radius 2 is 1.73 bits per heavy atom. The average Bonchev–Trinajstić information content (AvgIpc) is 2.59. The molecule has 0 fully saturated rings. The predicted octanol–water partition coefficient (Wildman–Crippen LogP) is 3.76. The number of benzene rings is 2. The van der Waals surface area contributed by atoms with Crippen molar-refractivity contribution in [3.8, 4) is 11.5 Å². The Labute approximate surface area is 168 Å². The van der Waals surface area contributed by atoms with Crippen molar-refractivity contribution >= 4 is 43.7 Å². The highest BCUT2D eigenvalue weighted by molar-refractivity contribution is 9.11. The molecule has 0 bridgehead atoms. The zero-order valence-corrected chi connectivity index (χ0v) is 17.4. The molecule has 6 nitrogen and oxygen atoms in total. The molecule has 8 heteroatoms. The fourth-order valence-electron chi connectivity index (χ4n) is 2.11. The third-order valence-electron chi connectivity index (χ3n) is 3.28. The molecule has 0 aromatic heterocycles. The predicted molar refractivity (Wildman–Crippen MR) is 105 cm³/mol. The first kappa shape index (κ1) is 20.3. The number of hydrazine groups is 1. The fraction of sp³-hybridized carbons (Fsp3) is 0.222. The molecule has 26 heavy (non-hydrogen) atoms. The summed E-state index contributed by atoms with van der Waals surface area (Å²) >= 11 is 6.77. The molecule has 0 heterocycles. The van der Waals surface area contributed by atoms with E-state index in [1.54, 1.807) is 24.3 Å². The number of hydrogen-bond donors (Lipinski definition) is 2. The van der Waals surface area contributed by atoms with Gasteiger partial charge in [-0.1, -0.05) is 15.9 Å². The van der Waals surface area contributed by atoms with Gasteiger partial charge in [0.2, 0.25) is 0 Å². The quantitative estimate of drug-likeness (QED) is 0.611. The molecule has 0 aliphatic carbocycles. The largest absolute Gasteiger partial charge is 0.494 e. The maximum Gasteiger partial charge on any atom is 0.276 e. The summed E-state index contributed by atoms with van der Waals surface area (Å²) in [6.07, 6.45) is 0. The minimum Gasteiger partial charge on any atom is -0.494 e. The molecule has 2 amide bonds. The maximum absolute atomic E-state index is 12.0. The molecule has 0 saturated carbocycles. The van der Waals surface area contributed by atoms with Crippen LogP contribution in [-0.4, -0.2) is 25.0 Å². The van der Waals surface area contributed by atoms with E-state index >= 15 is 0 Å². The Balaban J connectivity index is 1.84. The highest BCUT2D eigenvalue weighted by Gasteiger charge is 2.11. The molecule has 138 valence electrons. The van der Waals surface area contributed by atoms with E-state index in [9.17, 15) is 9.59 Å². The summed E-state index contributed by atoms with van der Waals surface area (Å²) in [5.74, 6) is 0.346. The molecule has 0 aliphatic rings. The monoisotopic (exact) mass is 484 g/mol. The Hall–Kier alpha value is -2.06. The Kier molecular flexibility index (Phi) is 7.47. The van der Waals surface area contributed by atoms with Gasteiger partial charge in [0.1, 0.15) is 11.5 Å². The fourth-order valence-corrected chi connectivity index (χ4v) is 3.67.